The normalized spacial score (nSPS) is 12.6. The molecule has 0 fully saturated rings. The number of alkyl halides is 2. The van der Waals surface area contributed by atoms with Crippen LogP contribution in [-0.4, -0.2) is 30.2 Å². The van der Waals surface area contributed by atoms with E-state index in [-0.39, 0.29) is 11.3 Å². The van der Waals surface area contributed by atoms with Gasteiger partial charge in [-0.25, -0.2) is 0 Å². The summed E-state index contributed by atoms with van der Waals surface area (Å²) in [7, 11) is 0. The zero-order valence-corrected chi connectivity index (χ0v) is 8.27. The second-order valence-corrected chi connectivity index (χ2v) is 3.06. The third-order valence-corrected chi connectivity index (χ3v) is 1.90. The number of carbonyl (C=O) groups excluding carboxylic acids is 1. The summed E-state index contributed by atoms with van der Waals surface area (Å²) in [4.78, 5) is 11.4. The number of halogens is 2. The van der Waals surface area contributed by atoms with Gasteiger partial charge in [-0.1, -0.05) is 0 Å². The Morgan fingerprint density at radius 2 is 1.94 bits per heavy atom. The molecule has 1 aromatic carbocycles. The lowest BCUT2D eigenvalue weighted by Gasteiger charge is -2.08. The standard InChI is InChI=1S/C10H11F2NO3/c11-10(12)16-7-3-1-6(2-4-7)9(15)8(13)5-14/h1-4,8,10,14H,5,13H2. The number of rotatable bonds is 5. The van der Waals surface area contributed by atoms with Gasteiger partial charge < -0.3 is 15.6 Å². The van der Waals surface area contributed by atoms with E-state index in [4.69, 9.17) is 10.8 Å². The zero-order valence-electron chi connectivity index (χ0n) is 8.27. The molecule has 0 aromatic heterocycles. The van der Waals surface area contributed by atoms with Gasteiger partial charge in [-0.05, 0) is 24.3 Å². The number of carbonyl (C=O) groups is 1. The first-order valence-electron chi connectivity index (χ1n) is 4.50. The van der Waals surface area contributed by atoms with Crippen molar-refractivity contribution < 1.29 is 23.4 Å². The first-order valence-corrected chi connectivity index (χ1v) is 4.50. The first kappa shape index (κ1) is 12.5. The summed E-state index contributed by atoms with van der Waals surface area (Å²) < 4.78 is 27.8. The van der Waals surface area contributed by atoms with E-state index >= 15 is 0 Å². The summed E-state index contributed by atoms with van der Waals surface area (Å²) in [5.74, 6) is -0.491. The van der Waals surface area contributed by atoms with Crippen molar-refractivity contribution in [1.29, 1.82) is 0 Å². The van der Waals surface area contributed by atoms with Crippen LogP contribution in [0.5, 0.6) is 5.75 Å². The SMILES string of the molecule is NC(CO)C(=O)c1ccc(OC(F)F)cc1. The molecule has 3 N–H and O–H groups in total. The van der Waals surface area contributed by atoms with Crippen molar-refractivity contribution in [1.82, 2.24) is 0 Å². The van der Waals surface area contributed by atoms with Crippen LogP contribution in [0.15, 0.2) is 24.3 Å². The van der Waals surface area contributed by atoms with Crippen LogP contribution in [0.2, 0.25) is 0 Å². The Bertz CT molecular complexity index is 354. The predicted octanol–water partition coefficient (Wildman–Crippen LogP) is 0.790. The molecule has 1 atom stereocenters. The molecule has 1 aromatic rings. The fourth-order valence-corrected chi connectivity index (χ4v) is 1.10. The molecule has 0 heterocycles. The van der Waals surface area contributed by atoms with Gasteiger partial charge in [0.25, 0.3) is 0 Å². The van der Waals surface area contributed by atoms with Crippen LogP contribution in [0.1, 0.15) is 10.4 Å². The van der Waals surface area contributed by atoms with Gasteiger partial charge in [-0.2, -0.15) is 8.78 Å². The molecule has 0 aliphatic heterocycles. The van der Waals surface area contributed by atoms with E-state index in [1.807, 2.05) is 0 Å². The molecule has 88 valence electrons. The Morgan fingerprint density at radius 1 is 1.38 bits per heavy atom. The van der Waals surface area contributed by atoms with Gasteiger partial charge in [0.15, 0.2) is 5.78 Å². The van der Waals surface area contributed by atoms with Gasteiger partial charge in [-0.15, -0.1) is 0 Å². The molecule has 0 aliphatic carbocycles. The Labute approximate surface area is 90.6 Å². The van der Waals surface area contributed by atoms with Crippen molar-refractivity contribution in [2.24, 2.45) is 5.73 Å². The zero-order chi connectivity index (χ0) is 12.1. The van der Waals surface area contributed by atoms with Crippen molar-refractivity contribution in [3.63, 3.8) is 0 Å². The Hall–Kier alpha value is -1.53. The Kier molecular flexibility index (Phi) is 4.33. The fraction of sp³-hybridized carbons (Fsp3) is 0.300. The number of hydrogen-bond donors (Lipinski definition) is 2. The lowest BCUT2D eigenvalue weighted by Crippen LogP contribution is -2.33. The van der Waals surface area contributed by atoms with Crippen LogP contribution in [0.3, 0.4) is 0 Å². The minimum absolute atomic E-state index is 0.0379. The van der Waals surface area contributed by atoms with Crippen molar-refractivity contribution in [2.75, 3.05) is 6.61 Å². The highest BCUT2D eigenvalue weighted by atomic mass is 19.3. The molecular weight excluding hydrogens is 220 g/mol. The smallest absolute Gasteiger partial charge is 0.387 e. The average Bonchev–Trinajstić information content (AvgIpc) is 2.27. The first-order chi connectivity index (χ1) is 7.54. The number of Topliss-reactive ketones (excluding diaryl/α,β-unsaturated/α-hetero) is 1. The van der Waals surface area contributed by atoms with Crippen LogP contribution in [0, 0.1) is 0 Å². The fourth-order valence-electron chi connectivity index (χ4n) is 1.10. The minimum Gasteiger partial charge on any atom is -0.435 e. The lowest BCUT2D eigenvalue weighted by atomic mass is 10.1. The molecule has 6 heteroatoms. The molecule has 0 spiro atoms. The number of aliphatic hydroxyl groups is 1. The summed E-state index contributed by atoms with van der Waals surface area (Å²) in [6.45, 7) is -3.37. The van der Waals surface area contributed by atoms with E-state index in [1.165, 1.54) is 24.3 Å². The maximum atomic E-state index is 11.8. The molecule has 0 saturated carbocycles. The highest BCUT2D eigenvalue weighted by Gasteiger charge is 2.14. The Balaban J connectivity index is 2.74. The van der Waals surface area contributed by atoms with Crippen LogP contribution in [0.25, 0.3) is 0 Å². The van der Waals surface area contributed by atoms with Gasteiger partial charge in [0, 0.05) is 5.56 Å². The maximum absolute atomic E-state index is 11.8. The van der Waals surface area contributed by atoms with Gasteiger partial charge in [0.1, 0.15) is 5.75 Å². The summed E-state index contributed by atoms with van der Waals surface area (Å²) in [5, 5.41) is 8.67. The van der Waals surface area contributed by atoms with E-state index in [0.29, 0.717) is 0 Å². The molecule has 0 amide bonds. The van der Waals surface area contributed by atoms with E-state index in [9.17, 15) is 13.6 Å². The molecule has 4 nitrogen and oxygen atoms in total. The van der Waals surface area contributed by atoms with Crippen LogP contribution in [0.4, 0.5) is 8.78 Å². The number of nitrogens with two attached hydrogens (primary N) is 1. The molecule has 0 saturated heterocycles. The van der Waals surface area contributed by atoms with E-state index < -0.39 is 25.0 Å². The Morgan fingerprint density at radius 3 is 2.38 bits per heavy atom. The quantitative estimate of drug-likeness (QED) is 0.735. The second kappa shape index (κ2) is 5.53. The second-order valence-electron chi connectivity index (χ2n) is 3.06. The predicted molar refractivity (Wildman–Crippen MR) is 52.5 cm³/mol. The molecule has 0 aliphatic rings. The third-order valence-electron chi connectivity index (χ3n) is 1.90. The van der Waals surface area contributed by atoms with Crippen LogP contribution < -0.4 is 10.5 Å². The summed E-state index contributed by atoms with van der Waals surface area (Å²) in [5.41, 5.74) is 5.56. The van der Waals surface area contributed by atoms with Gasteiger partial charge in [0.2, 0.25) is 0 Å². The number of hydrogen-bond acceptors (Lipinski definition) is 4. The van der Waals surface area contributed by atoms with Gasteiger partial charge >= 0.3 is 6.61 Å². The van der Waals surface area contributed by atoms with Crippen LogP contribution in [-0.2, 0) is 0 Å². The lowest BCUT2D eigenvalue weighted by molar-refractivity contribution is -0.0498. The number of ketones is 1. The van der Waals surface area contributed by atoms with E-state index in [1.54, 1.807) is 0 Å². The number of ether oxygens (including phenoxy) is 1. The molecule has 1 unspecified atom stereocenters. The third kappa shape index (κ3) is 3.25. The molecule has 0 radical (unpaired) electrons. The molecular formula is C10H11F2NO3. The topological polar surface area (TPSA) is 72.5 Å². The molecule has 1 rings (SSSR count). The van der Waals surface area contributed by atoms with Gasteiger partial charge in [-0.3, -0.25) is 4.79 Å². The maximum Gasteiger partial charge on any atom is 0.387 e. The molecule has 16 heavy (non-hydrogen) atoms. The van der Waals surface area contributed by atoms with Crippen molar-refractivity contribution >= 4 is 5.78 Å². The van der Waals surface area contributed by atoms with Crippen molar-refractivity contribution in [3.05, 3.63) is 29.8 Å². The highest BCUT2D eigenvalue weighted by Crippen LogP contribution is 2.15. The van der Waals surface area contributed by atoms with Gasteiger partial charge in [0.05, 0.1) is 12.6 Å². The van der Waals surface area contributed by atoms with Crippen molar-refractivity contribution in [3.8, 4) is 5.75 Å². The highest BCUT2D eigenvalue weighted by molar-refractivity contribution is 6.00. The van der Waals surface area contributed by atoms with Crippen LogP contribution >= 0.6 is 0 Å². The molecule has 0 bridgehead atoms. The summed E-state index contributed by atoms with van der Waals surface area (Å²) in [6.07, 6.45) is 0. The number of aliphatic hydroxyl groups excluding tert-OH is 1. The average molecular weight is 231 g/mol. The summed E-state index contributed by atoms with van der Waals surface area (Å²) >= 11 is 0. The number of benzene rings is 1. The van der Waals surface area contributed by atoms with E-state index in [2.05, 4.69) is 4.74 Å². The van der Waals surface area contributed by atoms with E-state index in [0.717, 1.165) is 0 Å². The summed E-state index contributed by atoms with van der Waals surface area (Å²) in [6, 6.07) is 4.11. The largest absolute Gasteiger partial charge is 0.435 e. The monoisotopic (exact) mass is 231 g/mol. The van der Waals surface area contributed by atoms with Crippen molar-refractivity contribution in [2.45, 2.75) is 12.7 Å². The minimum atomic E-state index is -2.90.